The lowest BCUT2D eigenvalue weighted by molar-refractivity contribution is -0.0612. The maximum absolute atomic E-state index is 6.95. The molecule has 0 spiro atoms. The Labute approximate surface area is 286 Å². The van der Waals surface area contributed by atoms with Crippen molar-refractivity contribution in [2.45, 2.75) is 169 Å². The minimum atomic E-state index is -1.84. The van der Waals surface area contributed by atoms with Gasteiger partial charge in [0.1, 0.15) is 0 Å². The first kappa shape index (κ1) is 34.8. The second-order valence-electron chi connectivity index (χ2n) is 19.9. The van der Waals surface area contributed by atoms with Crippen molar-refractivity contribution >= 4 is 8.32 Å². The maximum Gasteiger partial charge on any atom is 0.192 e. The number of hydrogen-bond donors (Lipinski definition) is 0. The molecule has 7 saturated carbocycles. The van der Waals surface area contributed by atoms with Crippen molar-refractivity contribution in [3.63, 3.8) is 0 Å². The smallest absolute Gasteiger partial charge is 0.192 e. The fraction of sp³-hybridized carbons (Fsp3) is 0.818. The zero-order valence-electron chi connectivity index (χ0n) is 31.6. The lowest BCUT2D eigenvalue weighted by Crippen LogP contribution is -2.46. The van der Waals surface area contributed by atoms with E-state index in [-0.39, 0.29) is 11.1 Å². The molecule has 7 aliphatic carbocycles. The monoisotopic (exact) mass is 643 g/mol. The third kappa shape index (κ3) is 7.00. The fourth-order valence-electron chi connectivity index (χ4n) is 12.3. The fourth-order valence-corrected chi connectivity index (χ4v) is 13.6. The predicted molar refractivity (Wildman–Crippen MR) is 200 cm³/mol. The molecule has 7 fully saturated rings. The molecule has 0 amide bonds. The molecular formula is C44H70OSi. The molecule has 7 aliphatic rings. The Kier molecular flexibility index (Phi) is 9.84. The molecule has 1 nitrogen and oxygen atoms in total. The highest BCUT2D eigenvalue weighted by atomic mass is 28.4. The molecule has 4 bridgehead atoms. The first-order chi connectivity index (χ1) is 21.6. The Bertz CT molecular complexity index is 1230. The lowest BCUT2D eigenvalue weighted by atomic mass is 9.48. The Morgan fingerprint density at radius 2 is 1.65 bits per heavy atom. The van der Waals surface area contributed by atoms with Gasteiger partial charge in [0.2, 0.25) is 0 Å². The summed E-state index contributed by atoms with van der Waals surface area (Å²) in [5.74, 6) is 14.1. The Hall–Kier alpha value is -1.04. The van der Waals surface area contributed by atoms with E-state index in [1.54, 1.807) is 30.4 Å². The van der Waals surface area contributed by atoms with Crippen LogP contribution in [-0.2, 0) is 4.43 Å². The van der Waals surface area contributed by atoms with E-state index in [1.807, 2.05) is 0 Å². The van der Waals surface area contributed by atoms with Gasteiger partial charge in [-0.05, 0) is 166 Å². The van der Waals surface area contributed by atoms with Crippen molar-refractivity contribution in [1.29, 1.82) is 0 Å². The van der Waals surface area contributed by atoms with Crippen molar-refractivity contribution in [3.05, 3.63) is 35.5 Å². The highest BCUT2D eigenvalue weighted by molar-refractivity contribution is 6.74. The van der Waals surface area contributed by atoms with Crippen LogP contribution in [0.2, 0.25) is 18.1 Å². The van der Waals surface area contributed by atoms with E-state index in [2.05, 4.69) is 92.1 Å². The van der Waals surface area contributed by atoms with E-state index < -0.39 is 8.32 Å². The standard InChI is InChI=1S/C44H70OSi/c1-30(26-44-27-35-22-36(28-44)24-37(23-35)29-44)13-11-14-31(2)39-18-19-40-38(15-12-20-43(39,40)8)17-16-34-21-32(3)33(4)41(25-34)45-46(9,10)42(5,6)7/h16-17,30-32,35-37,39-41H,4,12,14-15,18-29H2,1-3,5-10H3/b34-16-,38-17+/t30?,31-,32-,35?,36?,37?,39-,40?,41-,43-,44?/m1/s1. The van der Waals surface area contributed by atoms with Crippen LogP contribution in [0.3, 0.4) is 0 Å². The van der Waals surface area contributed by atoms with Crippen LogP contribution in [0.15, 0.2) is 35.5 Å². The third-order valence-electron chi connectivity index (χ3n) is 15.2. The minimum Gasteiger partial charge on any atom is -0.410 e. The maximum atomic E-state index is 6.95. The van der Waals surface area contributed by atoms with E-state index in [4.69, 9.17) is 4.43 Å². The molecule has 0 aromatic rings. The predicted octanol–water partition coefficient (Wildman–Crippen LogP) is 12.7. The molecule has 0 saturated heterocycles. The van der Waals surface area contributed by atoms with Gasteiger partial charge in [-0.2, -0.15) is 0 Å². The lowest BCUT2D eigenvalue weighted by Gasteiger charge is -2.57. The van der Waals surface area contributed by atoms with Gasteiger partial charge in [0, 0.05) is 12.3 Å². The second-order valence-corrected chi connectivity index (χ2v) is 24.7. The molecule has 0 radical (unpaired) electrons. The van der Waals surface area contributed by atoms with Gasteiger partial charge in [0.15, 0.2) is 8.32 Å². The largest absolute Gasteiger partial charge is 0.410 e. The van der Waals surface area contributed by atoms with E-state index in [0.717, 1.165) is 48.9 Å². The Balaban J connectivity index is 1.07. The topological polar surface area (TPSA) is 9.23 Å². The summed E-state index contributed by atoms with van der Waals surface area (Å²) >= 11 is 0. The van der Waals surface area contributed by atoms with E-state index >= 15 is 0 Å². The van der Waals surface area contributed by atoms with Gasteiger partial charge in [-0.1, -0.05) is 78.3 Å². The highest BCUT2D eigenvalue weighted by Gasteiger charge is 2.52. The quantitative estimate of drug-likeness (QED) is 0.152. The highest BCUT2D eigenvalue weighted by Crippen LogP contribution is 2.62. The van der Waals surface area contributed by atoms with Gasteiger partial charge in [-0.25, -0.2) is 0 Å². The molecule has 2 heteroatoms. The van der Waals surface area contributed by atoms with Crippen LogP contribution >= 0.6 is 0 Å². The van der Waals surface area contributed by atoms with Crippen LogP contribution in [-0.4, -0.2) is 14.4 Å². The van der Waals surface area contributed by atoms with Crippen LogP contribution in [0.1, 0.15) is 145 Å². The SMILES string of the molecule is C=C1[C@H](C)C/C(=C/C=C2\CCC[C@@]3(C)C2CC[C@@H]3[C@H](C)CC#CC(C)CC23CC4CC(CC(C4)C2)C3)C[C@H]1O[Si](C)(C)C(C)(C)C. The average Bonchev–Trinajstić information content (AvgIpc) is 3.30. The number of fused-ring (bicyclic) bond motifs is 1. The summed E-state index contributed by atoms with van der Waals surface area (Å²) in [6, 6.07) is 0. The number of hydrogen-bond acceptors (Lipinski definition) is 1. The van der Waals surface area contributed by atoms with Gasteiger partial charge < -0.3 is 4.43 Å². The zero-order valence-corrected chi connectivity index (χ0v) is 32.6. The summed E-state index contributed by atoms with van der Waals surface area (Å²) in [5, 5.41) is 0.223. The van der Waals surface area contributed by atoms with E-state index in [9.17, 15) is 0 Å². The molecule has 2 unspecified atom stereocenters. The van der Waals surface area contributed by atoms with Gasteiger partial charge in [-0.15, -0.1) is 11.8 Å². The molecule has 0 aliphatic heterocycles. The van der Waals surface area contributed by atoms with Crippen molar-refractivity contribution in [2.75, 3.05) is 0 Å². The first-order valence-corrected chi connectivity index (χ1v) is 22.7. The van der Waals surface area contributed by atoms with Crippen LogP contribution in [0.4, 0.5) is 0 Å². The summed E-state index contributed by atoms with van der Waals surface area (Å²) in [7, 11) is -1.84. The van der Waals surface area contributed by atoms with Crippen molar-refractivity contribution in [3.8, 4) is 11.8 Å². The molecule has 46 heavy (non-hydrogen) atoms. The van der Waals surface area contributed by atoms with Crippen LogP contribution < -0.4 is 0 Å². The number of rotatable bonds is 7. The first-order valence-electron chi connectivity index (χ1n) is 19.8. The summed E-state index contributed by atoms with van der Waals surface area (Å²) in [6.45, 7) is 26.3. The summed E-state index contributed by atoms with van der Waals surface area (Å²) < 4.78 is 6.95. The molecule has 0 heterocycles. The minimum absolute atomic E-state index is 0.180. The van der Waals surface area contributed by atoms with E-state index in [1.165, 1.54) is 63.4 Å². The third-order valence-corrected chi connectivity index (χ3v) is 19.7. The van der Waals surface area contributed by atoms with Gasteiger partial charge in [0.25, 0.3) is 0 Å². The summed E-state index contributed by atoms with van der Waals surface area (Å²) in [5.41, 5.74) is 5.73. The van der Waals surface area contributed by atoms with Crippen molar-refractivity contribution in [1.82, 2.24) is 0 Å². The summed E-state index contributed by atoms with van der Waals surface area (Å²) in [6.07, 6.45) is 26.0. The molecule has 0 aromatic carbocycles. The molecular weight excluding hydrogens is 573 g/mol. The molecule has 0 aromatic heterocycles. The van der Waals surface area contributed by atoms with Crippen LogP contribution in [0.25, 0.3) is 0 Å². The Morgan fingerprint density at radius 1 is 1.00 bits per heavy atom. The molecule has 7 rings (SSSR count). The van der Waals surface area contributed by atoms with Crippen LogP contribution in [0, 0.1) is 70.0 Å². The number of allylic oxidation sites excluding steroid dienone is 3. The van der Waals surface area contributed by atoms with Gasteiger partial charge >= 0.3 is 0 Å². The van der Waals surface area contributed by atoms with Crippen molar-refractivity contribution < 1.29 is 4.43 Å². The summed E-state index contributed by atoms with van der Waals surface area (Å²) in [4.78, 5) is 0. The van der Waals surface area contributed by atoms with Crippen LogP contribution in [0.5, 0.6) is 0 Å². The molecule has 0 N–H and O–H groups in total. The van der Waals surface area contributed by atoms with Gasteiger partial charge in [-0.3, -0.25) is 0 Å². The normalized spacial score (nSPS) is 42.2. The van der Waals surface area contributed by atoms with Crippen molar-refractivity contribution in [2.24, 2.45) is 58.2 Å². The zero-order chi connectivity index (χ0) is 33.1. The average molecular weight is 643 g/mol. The Morgan fingerprint density at radius 3 is 2.28 bits per heavy atom. The molecule has 7 atom stereocenters. The second kappa shape index (κ2) is 13.0. The molecule has 256 valence electrons. The van der Waals surface area contributed by atoms with E-state index in [0.29, 0.717) is 28.6 Å². The van der Waals surface area contributed by atoms with Gasteiger partial charge in [0.05, 0.1) is 6.10 Å².